The van der Waals surface area contributed by atoms with Crippen molar-refractivity contribution in [2.75, 3.05) is 11.9 Å². The van der Waals surface area contributed by atoms with Crippen molar-refractivity contribution in [3.8, 4) is 0 Å². The van der Waals surface area contributed by atoms with Crippen LogP contribution in [0.4, 0.5) is 19.0 Å². The lowest BCUT2D eigenvalue weighted by Crippen LogP contribution is -2.34. The highest BCUT2D eigenvalue weighted by molar-refractivity contribution is 5.45. The molecule has 0 aliphatic rings. The Morgan fingerprint density at radius 2 is 2.06 bits per heavy atom. The molecule has 96 valence electrons. The molecule has 1 heterocycles. The van der Waals surface area contributed by atoms with Crippen molar-refractivity contribution in [1.82, 2.24) is 4.98 Å². The van der Waals surface area contributed by atoms with Gasteiger partial charge in [0.05, 0.1) is 5.56 Å². The van der Waals surface area contributed by atoms with E-state index in [0.717, 1.165) is 6.07 Å². The van der Waals surface area contributed by atoms with E-state index in [0.29, 0.717) is 0 Å². The average molecular weight is 247 g/mol. The lowest BCUT2D eigenvalue weighted by Gasteiger charge is -2.18. The lowest BCUT2D eigenvalue weighted by molar-refractivity contribution is -0.137. The molecule has 0 bridgehead atoms. The maximum Gasteiger partial charge on any atom is 0.419 e. The number of aromatic nitrogens is 1. The van der Waals surface area contributed by atoms with Crippen LogP contribution < -0.4 is 11.1 Å². The van der Waals surface area contributed by atoms with E-state index in [2.05, 4.69) is 10.3 Å². The van der Waals surface area contributed by atoms with E-state index in [1.54, 1.807) is 0 Å². The minimum atomic E-state index is -4.40. The highest BCUT2D eigenvalue weighted by Crippen LogP contribution is 2.33. The fraction of sp³-hybridized carbons (Fsp3) is 0.545. The van der Waals surface area contributed by atoms with Crippen LogP contribution in [0.5, 0.6) is 0 Å². The number of nitrogens with one attached hydrogen (secondary N) is 1. The summed E-state index contributed by atoms with van der Waals surface area (Å²) in [7, 11) is 0. The molecule has 0 aromatic carbocycles. The van der Waals surface area contributed by atoms with Gasteiger partial charge >= 0.3 is 6.18 Å². The van der Waals surface area contributed by atoms with Crippen LogP contribution in [0.15, 0.2) is 18.3 Å². The molecule has 0 aliphatic carbocycles. The number of hydrogen-bond acceptors (Lipinski definition) is 3. The molecular formula is C11H16F3N3. The van der Waals surface area contributed by atoms with Gasteiger partial charge in [0.2, 0.25) is 0 Å². The number of nitrogens with two attached hydrogens (primary N) is 1. The lowest BCUT2D eigenvalue weighted by atomic mass is 10.1. The minimum absolute atomic E-state index is 0.170. The molecular weight excluding hydrogens is 231 g/mol. The van der Waals surface area contributed by atoms with Crippen molar-refractivity contribution in [2.45, 2.75) is 26.1 Å². The number of pyridine rings is 1. The molecule has 0 saturated heterocycles. The molecule has 1 aromatic rings. The third kappa shape index (κ3) is 3.89. The minimum Gasteiger partial charge on any atom is -0.368 e. The highest BCUT2D eigenvalue weighted by Gasteiger charge is 2.34. The van der Waals surface area contributed by atoms with E-state index in [1.807, 2.05) is 13.8 Å². The molecule has 17 heavy (non-hydrogen) atoms. The zero-order valence-electron chi connectivity index (χ0n) is 9.75. The van der Waals surface area contributed by atoms with Gasteiger partial charge in [-0.15, -0.1) is 0 Å². The normalized spacial score (nSPS) is 13.8. The summed E-state index contributed by atoms with van der Waals surface area (Å²) in [4.78, 5) is 3.69. The van der Waals surface area contributed by atoms with Gasteiger partial charge in [-0.2, -0.15) is 13.2 Å². The number of halogens is 3. The molecule has 0 aliphatic heterocycles. The molecule has 3 nitrogen and oxygen atoms in total. The number of anilines is 1. The van der Waals surface area contributed by atoms with Gasteiger partial charge in [-0.25, -0.2) is 4.98 Å². The van der Waals surface area contributed by atoms with Crippen LogP contribution in [0.1, 0.15) is 19.4 Å². The van der Waals surface area contributed by atoms with Crippen molar-refractivity contribution < 1.29 is 13.2 Å². The van der Waals surface area contributed by atoms with Gasteiger partial charge in [0.15, 0.2) is 0 Å². The van der Waals surface area contributed by atoms with Gasteiger partial charge in [0, 0.05) is 18.8 Å². The highest BCUT2D eigenvalue weighted by atomic mass is 19.4. The third-order valence-corrected chi connectivity index (χ3v) is 2.47. The van der Waals surface area contributed by atoms with Crippen LogP contribution in [0, 0.1) is 5.92 Å². The molecule has 1 unspecified atom stereocenters. The van der Waals surface area contributed by atoms with Crippen molar-refractivity contribution in [3.63, 3.8) is 0 Å². The summed E-state index contributed by atoms with van der Waals surface area (Å²) >= 11 is 0. The van der Waals surface area contributed by atoms with Gasteiger partial charge < -0.3 is 11.1 Å². The fourth-order valence-electron chi connectivity index (χ4n) is 1.23. The molecule has 1 rings (SSSR count). The van der Waals surface area contributed by atoms with Gasteiger partial charge in [-0.1, -0.05) is 13.8 Å². The largest absolute Gasteiger partial charge is 0.419 e. The third-order valence-electron chi connectivity index (χ3n) is 2.47. The molecule has 0 amide bonds. The Morgan fingerprint density at radius 1 is 1.41 bits per heavy atom. The molecule has 0 saturated carbocycles. The molecule has 3 N–H and O–H groups in total. The number of rotatable bonds is 4. The second-order valence-electron chi connectivity index (χ2n) is 4.19. The summed E-state index contributed by atoms with van der Waals surface area (Å²) in [5.74, 6) is 0.0247. The maximum atomic E-state index is 12.6. The van der Waals surface area contributed by atoms with E-state index < -0.39 is 11.7 Å². The summed E-state index contributed by atoms with van der Waals surface area (Å²) in [6, 6.07) is 2.05. The van der Waals surface area contributed by atoms with Crippen molar-refractivity contribution in [3.05, 3.63) is 23.9 Å². The molecule has 1 aromatic heterocycles. The second kappa shape index (κ2) is 5.35. The zero-order valence-corrected chi connectivity index (χ0v) is 9.75. The van der Waals surface area contributed by atoms with Crippen LogP contribution in [0.25, 0.3) is 0 Å². The first-order chi connectivity index (χ1) is 7.82. The fourth-order valence-corrected chi connectivity index (χ4v) is 1.23. The Hall–Kier alpha value is -1.30. The van der Waals surface area contributed by atoms with Crippen LogP contribution >= 0.6 is 0 Å². The Morgan fingerprint density at radius 3 is 2.59 bits per heavy atom. The maximum absolute atomic E-state index is 12.6. The number of nitrogens with zero attached hydrogens (tertiary/aromatic N) is 1. The molecule has 1 atom stereocenters. The molecule has 6 heteroatoms. The SMILES string of the molecule is CC(C)C(N)CNc1ncccc1C(F)(F)F. The first-order valence-corrected chi connectivity index (χ1v) is 5.34. The predicted octanol–water partition coefficient (Wildman–Crippen LogP) is 2.50. The van der Waals surface area contributed by atoms with Crippen molar-refractivity contribution >= 4 is 5.82 Å². The summed E-state index contributed by atoms with van der Waals surface area (Å²) < 4.78 is 37.9. The zero-order chi connectivity index (χ0) is 13.1. The van der Waals surface area contributed by atoms with E-state index in [9.17, 15) is 13.2 Å². The van der Waals surface area contributed by atoms with Gasteiger partial charge in [-0.05, 0) is 18.1 Å². The Labute approximate surface area is 98.2 Å². The standard InChI is InChI=1S/C11H16F3N3/c1-7(2)9(15)6-17-10-8(11(12,13)14)4-3-5-16-10/h3-5,7,9H,6,15H2,1-2H3,(H,16,17). The van der Waals surface area contributed by atoms with Crippen LogP contribution in [0.3, 0.4) is 0 Å². The summed E-state index contributed by atoms with van der Waals surface area (Å²) in [5.41, 5.74) is 4.98. The smallest absolute Gasteiger partial charge is 0.368 e. The Balaban J connectivity index is 2.78. The van der Waals surface area contributed by atoms with E-state index in [-0.39, 0.29) is 24.3 Å². The van der Waals surface area contributed by atoms with Gasteiger partial charge in [0.1, 0.15) is 5.82 Å². The summed E-state index contributed by atoms with van der Waals surface area (Å²) in [5, 5.41) is 2.64. The number of alkyl halides is 3. The second-order valence-corrected chi connectivity index (χ2v) is 4.19. The van der Waals surface area contributed by atoms with Crippen LogP contribution in [-0.4, -0.2) is 17.6 Å². The molecule has 0 fully saturated rings. The van der Waals surface area contributed by atoms with E-state index in [1.165, 1.54) is 12.3 Å². The van der Waals surface area contributed by atoms with Crippen LogP contribution in [0.2, 0.25) is 0 Å². The topological polar surface area (TPSA) is 50.9 Å². The van der Waals surface area contributed by atoms with Gasteiger partial charge in [-0.3, -0.25) is 0 Å². The molecule has 0 radical (unpaired) electrons. The summed E-state index contributed by atoms with van der Waals surface area (Å²) in [6.07, 6.45) is -3.09. The Bertz CT molecular complexity index is 363. The summed E-state index contributed by atoms with van der Waals surface area (Å²) in [6.45, 7) is 4.09. The van der Waals surface area contributed by atoms with Crippen LogP contribution in [-0.2, 0) is 6.18 Å². The monoisotopic (exact) mass is 247 g/mol. The first kappa shape index (κ1) is 13.8. The van der Waals surface area contributed by atoms with E-state index >= 15 is 0 Å². The van der Waals surface area contributed by atoms with E-state index in [4.69, 9.17) is 5.73 Å². The predicted molar refractivity (Wildman–Crippen MR) is 60.5 cm³/mol. The first-order valence-electron chi connectivity index (χ1n) is 5.34. The number of hydrogen-bond donors (Lipinski definition) is 2. The molecule has 0 spiro atoms. The van der Waals surface area contributed by atoms with Crippen molar-refractivity contribution in [1.29, 1.82) is 0 Å². The van der Waals surface area contributed by atoms with Gasteiger partial charge in [0.25, 0.3) is 0 Å². The Kier molecular flexibility index (Phi) is 4.34. The van der Waals surface area contributed by atoms with Crippen molar-refractivity contribution in [2.24, 2.45) is 11.7 Å². The average Bonchev–Trinajstić information content (AvgIpc) is 2.24. The quantitative estimate of drug-likeness (QED) is 0.859.